The van der Waals surface area contributed by atoms with Crippen molar-refractivity contribution >= 4 is 15.6 Å². The van der Waals surface area contributed by atoms with Crippen LogP contribution >= 0.6 is 15.6 Å². The van der Waals surface area contributed by atoms with E-state index in [-0.39, 0.29) is 5.75 Å². The van der Waals surface area contributed by atoms with E-state index in [2.05, 4.69) is 9.05 Å². The van der Waals surface area contributed by atoms with Crippen LogP contribution in [0.25, 0.3) is 0 Å². The number of H-pyrrole nitrogens is 1. The van der Waals surface area contributed by atoms with Gasteiger partial charge in [0.15, 0.2) is 6.23 Å². The molecule has 0 aromatic carbocycles. The van der Waals surface area contributed by atoms with Crippen LogP contribution in [0.2, 0.25) is 0 Å². The Bertz CT molecular complexity index is 884. The first-order valence-corrected chi connectivity index (χ1v) is 10.1. The van der Waals surface area contributed by atoms with Gasteiger partial charge in [0.25, 0.3) is 5.56 Å². The molecule has 2 rings (SSSR count). The molecule has 0 bridgehead atoms. The summed E-state index contributed by atoms with van der Waals surface area (Å²) in [5, 5.41) is 10.3. The summed E-state index contributed by atoms with van der Waals surface area (Å²) in [6.45, 7) is -0.933. The molecule has 1 aromatic heterocycles. The number of aliphatic hydroxyl groups is 1. The van der Waals surface area contributed by atoms with Gasteiger partial charge >= 0.3 is 21.3 Å². The van der Waals surface area contributed by atoms with E-state index in [0.717, 1.165) is 13.3 Å². The number of methoxy groups -OCH3 is 1. The number of ether oxygens (including phenoxy) is 2. The molecule has 0 radical (unpaired) electrons. The molecule has 0 amide bonds. The first-order valence-electron chi connectivity index (χ1n) is 6.99. The van der Waals surface area contributed by atoms with Crippen molar-refractivity contribution in [1.29, 1.82) is 0 Å². The molecule has 6 N–H and O–H groups in total. The first-order chi connectivity index (χ1) is 12.3. The van der Waals surface area contributed by atoms with Gasteiger partial charge in [0.2, 0.25) is 5.75 Å². The number of nitrogens with one attached hydrogen (secondary N) is 1. The lowest BCUT2D eigenvalue weighted by atomic mass is 10.1. The van der Waals surface area contributed by atoms with Gasteiger partial charge in [-0.05, 0) is 0 Å². The number of rotatable bonds is 7. The van der Waals surface area contributed by atoms with Gasteiger partial charge in [-0.25, -0.2) is 13.9 Å². The molecule has 27 heavy (non-hydrogen) atoms. The van der Waals surface area contributed by atoms with Crippen molar-refractivity contribution in [3.63, 3.8) is 0 Å². The second-order valence-electron chi connectivity index (χ2n) is 5.27. The van der Waals surface area contributed by atoms with E-state index < -0.39 is 58.0 Å². The number of aromatic amines is 1. The van der Waals surface area contributed by atoms with Crippen LogP contribution in [-0.2, 0) is 22.9 Å². The Morgan fingerprint density at radius 2 is 1.85 bits per heavy atom. The van der Waals surface area contributed by atoms with Crippen molar-refractivity contribution in [3.05, 3.63) is 27.0 Å². The lowest BCUT2D eigenvalue weighted by Gasteiger charge is -2.21. The third-order valence-electron chi connectivity index (χ3n) is 3.40. The van der Waals surface area contributed by atoms with Gasteiger partial charge in [-0.2, -0.15) is 0 Å². The van der Waals surface area contributed by atoms with Crippen molar-refractivity contribution in [2.24, 2.45) is 0 Å². The smallest absolute Gasteiger partial charge is 0.470 e. The zero-order chi connectivity index (χ0) is 20.6. The lowest BCUT2D eigenvalue weighted by molar-refractivity contribution is -0.0544. The predicted molar refractivity (Wildman–Crippen MR) is 82.7 cm³/mol. The minimum atomic E-state index is -5.17. The highest BCUT2D eigenvalue weighted by atomic mass is 31.2. The number of aromatic nitrogens is 2. The standard InChI is InChI=1S/C10H16N2O13P2/c1-22-4-2-12(10(15)11-8(4)14)9-6(13)7(25-27(19,20)21)5(24-9)3-23-26(16,17)18/h2,5-7,9,13H,3H2,1H3,(H,11,14,15)(H2,16,17,18)(H2,19,20,21). The molecule has 1 aromatic rings. The second kappa shape index (κ2) is 7.93. The summed E-state index contributed by atoms with van der Waals surface area (Å²) >= 11 is 0. The summed E-state index contributed by atoms with van der Waals surface area (Å²) in [7, 11) is -9.02. The van der Waals surface area contributed by atoms with Crippen molar-refractivity contribution < 1.29 is 52.3 Å². The molecule has 4 atom stereocenters. The molecule has 15 nitrogen and oxygen atoms in total. The van der Waals surface area contributed by atoms with Crippen LogP contribution in [0.15, 0.2) is 15.8 Å². The molecule has 0 saturated carbocycles. The minimum absolute atomic E-state index is 0.340. The zero-order valence-corrected chi connectivity index (χ0v) is 15.2. The van der Waals surface area contributed by atoms with Crippen molar-refractivity contribution in [3.8, 4) is 5.75 Å². The van der Waals surface area contributed by atoms with Gasteiger partial charge in [0.1, 0.15) is 18.3 Å². The highest BCUT2D eigenvalue weighted by Gasteiger charge is 2.49. The summed E-state index contributed by atoms with van der Waals surface area (Å²) in [6.07, 6.45) is -6.08. The SMILES string of the molecule is COc1cn(C2OC(COP(=O)(O)O)C(OP(=O)(O)O)C2O)c(=O)[nH]c1=O. The van der Waals surface area contributed by atoms with Crippen molar-refractivity contribution in [2.75, 3.05) is 13.7 Å². The van der Waals surface area contributed by atoms with E-state index in [1.807, 2.05) is 4.98 Å². The van der Waals surface area contributed by atoms with Gasteiger partial charge in [-0.3, -0.25) is 23.4 Å². The monoisotopic (exact) mass is 434 g/mol. The second-order valence-corrected chi connectivity index (χ2v) is 7.70. The summed E-state index contributed by atoms with van der Waals surface area (Å²) in [6, 6.07) is 0. The van der Waals surface area contributed by atoms with Crippen LogP contribution in [0, 0.1) is 0 Å². The van der Waals surface area contributed by atoms with E-state index in [1.54, 1.807) is 0 Å². The fraction of sp³-hybridized carbons (Fsp3) is 0.600. The molecule has 0 aliphatic carbocycles. The van der Waals surface area contributed by atoms with Gasteiger partial charge in [0, 0.05) is 0 Å². The molecule has 154 valence electrons. The number of phosphoric ester groups is 2. The number of nitrogens with zero attached hydrogens (tertiary/aromatic N) is 1. The summed E-state index contributed by atoms with van der Waals surface area (Å²) in [5.74, 6) is -0.340. The molecular formula is C10H16N2O13P2. The number of hydrogen-bond donors (Lipinski definition) is 6. The largest absolute Gasteiger partial charge is 0.490 e. The Balaban J connectivity index is 2.39. The highest BCUT2D eigenvalue weighted by molar-refractivity contribution is 7.46. The maximum Gasteiger partial charge on any atom is 0.470 e. The van der Waals surface area contributed by atoms with Gasteiger partial charge in [-0.1, -0.05) is 0 Å². The third-order valence-corrected chi connectivity index (χ3v) is 4.41. The summed E-state index contributed by atoms with van der Waals surface area (Å²) in [4.78, 5) is 60.8. The Morgan fingerprint density at radius 3 is 2.37 bits per heavy atom. The number of hydrogen-bond acceptors (Lipinski definition) is 9. The van der Waals surface area contributed by atoms with Crippen LogP contribution in [0.3, 0.4) is 0 Å². The highest BCUT2D eigenvalue weighted by Crippen LogP contribution is 2.45. The molecule has 2 heterocycles. The van der Waals surface area contributed by atoms with Crippen molar-refractivity contribution in [1.82, 2.24) is 9.55 Å². The van der Waals surface area contributed by atoms with Crippen LogP contribution in [-0.4, -0.2) is 66.3 Å². The molecule has 4 unspecified atom stereocenters. The molecule has 1 aliphatic rings. The normalized spacial score (nSPS) is 26.3. The summed E-state index contributed by atoms with van der Waals surface area (Å²) < 4.78 is 41.2. The predicted octanol–water partition coefficient (Wildman–Crippen LogP) is -2.61. The minimum Gasteiger partial charge on any atom is -0.490 e. The Hall–Kier alpha value is -1.38. The Labute approximate surface area is 149 Å². The van der Waals surface area contributed by atoms with E-state index >= 15 is 0 Å². The topological polar surface area (TPSA) is 227 Å². The van der Waals surface area contributed by atoms with Crippen LogP contribution in [0.4, 0.5) is 0 Å². The fourth-order valence-corrected chi connectivity index (χ4v) is 3.26. The third kappa shape index (κ3) is 5.56. The van der Waals surface area contributed by atoms with Gasteiger partial charge in [0.05, 0.1) is 19.9 Å². The van der Waals surface area contributed by atoms with E-state index in [1.165, 1.54) is 0 Å². The molecule has 0 spiro atoms. The molecule has 1 fully saturated rings. The number of aliphatic hydroxyl groups excluding tert-OH is 1. The Morgan fingerprint density at radius 1 is 1.22 bits per heavy atom. The van der Waals surface area contributed by atoms with Crippen LogP contribution < -0.4 is 16.0 Å². The molecular weight excluding hydrogens is 418 g/mol. The van der Waals surface area contributed by atoms with Crippen molar-refractivity contribution in [2.45, 2.75) is 24.5 Å². The fourth-order valence-electron chi connectivity index (χ4n) is 2.34. The van der Waals surface area contributed by atoms with Crippen LogP contribution in [0.1, 0.15) is 6.23 Å². The zero-order valence-electron chi connectivity index (χ0n) is 13.4. The maximum atomic E-state index is 12.0. The molecule has 17 heteroatoms. The van der Waals surface area contributed by atoms with E-state index in [0.29, 0.717) is 4.57 Å². The number of phosphoric acid groups is 2. The summed E-state index contributed by atoms with van der Waals surface area (Å²) in [5.41, 5.74) is -1.94. The molecule has 1 aliphatic heterocycles. The van der Waals surface area contributed by atoms with E-state index in [9.17, 15) is 23.8 Å². The lowest BCUT2D eigenvalue weighted by Crippen LogP contribution is -2.39. The quantitative estimate of drug-likeness (QED) is 0.242. The average molecular weight is 434 g/mol. The Kier molecular flexibility index (Phi) is 6.44. The van der Waals surface area contributed by atoms with Crippen LogP contribution in [0.5, 0.6) is 5.75 Å². The molecule has 1 saturated heterocycles. The van der Waals surface area contributed by atoms with Gasteiger partial charge in [-0.15, -0.1) is 0 Å². The van der Waals surface area contributed by atoms with Gasteiger partial charge < -0.3 is 34.2 Å². The van der Waals surface area contributed by atoms with E-state index in [4.69, 9.17) is 29.0 Å². The maximum absolute atomic E-state index is 12.0. The first kappa shape index (κ1) is 21.9. The average Bonchev–Trinajstić information content (AvgIpc) is 2.80.